The first kappa shape index (κ1) is 19.8. The van der Waals surface area contributed by atoms with Gasteiger partial charge in [0, 0.05) is 0 Å². The molecule has 2 aromatic rings. The Morgan fingerprint density at radius 3 is 2.27 bits per heavy atom. The molecule has 0 heterocycles. The van der Waals surface area contributed by atoms with Gasteiger partial charge in [-0.2, -0.15) is 0 Å². The van der Waals surface area contributed by atoms with Crippen molar-refractivity contribution in [1.29, 1.82) is 0 Å². The zero-order valence-corrected chi connectivity index (χ0v) is 15.6. The van der Waals surface area contributed by atoms with Crippen LogP contribution in [-0.4, -0.2) is 17.2 Å². The van der Waals surface area contributed by atoms with Crippen LogP contribution in [-0.2, 0) is 11.3 Å². The molecule has 0 spiro atoms. The average molecular weight is 356 g/mol. The molecule has 2 rings (SSSR count). The van der Waals surface area contributed by atoms with Crippen LogP contribution in [0.5, 0.6) is 11.5 Å². The number of rotatable bonds is 10. The Bertz CT molecular complexity index is 662. The summed E-state index contributed by atoms with van der Waals surface area (Å²) in [6.07, 6.45) is 5.03. The third kappa shape index (κ3) is 6.43. The molecule has 0 aliphatic heterocycles. The molecule has 1 N–H and O–H groups in total. The number of unbranched alkanes of at least 4 members (excludes halogenated alkanes) is 1. The molecule has 0 radical (unpaired) electrons. The molecule has 26 heavy (non-hydrogen) atoms. The van der Waals surface area contributed by atoms with Gasteiger partial charge in [0.2, 0.25) is 0 Å². The highest BCUT2D eigenvalue weighted by molar-refractivity contribution is 5.89. The predicted molar refractivity (Wildman–Crippen MR) is 103 cm³/mol. The topological polar surface area (TPSA) is 55.8 Å². The van der Waals surface area contributed by atoms with E-state index in [1.54, 1.807) is 36.4 Å². The number of hydrogen-bond acceptors (Lipinski definition) is 4. The molecule has 0 saturated carbocycles. The van der Waals surface area contributed by atoms with Gasteiger partial charge >= 0.3 is 5.97 Å². The number of phenols is 1. The Kier molecular flexibility index (Phi) is 8.00. The molecular weight excluding hydrogens is 328 g/mol. The lowest BCUT2D eigenvalue weighted by molar-refractivity contribution is 0.0255. The minimum atomic E-state index is -0.259. The summed E-state index contributed by atoms with van der Waals surface area (Å²) in [5, 5.41) is 9.27. The minimum Gasteiger partial charge on any atom is -0.508 e. The molecule has 0 fully saturated rings. The van der Waals surface area contributed by atoms with Crippen molar-refractivity contribution in [3.8, 4) is 11.5 Å². The number of carbonyl (C=O) groups excluding carboxylic acids is 1. The second kappa shape index (κ2) is 10.5. The predicted octanol–water partition coefficient (Wildman–Crippen LogP) is 5.49. The summed E-state index contributed by atoms with van der Waals surface area (Å²) in [5.41, 5.74) is 1.53. The van der Waals surface area contributed by atoms with Crippen LogP contribution in [0.2, 0.25) is 0 Å². The van der Waals surface area contributed by atoms with E-state index < -0.39 is 0 Å². The minimum absolute atomic E-state index is 0.00459. The number of hydrogen-bond donors (Lipinski definition) is 1. The van der Waals surface area contributed by atoms with Crippen molar-refractivity contribution >= 4 is 5.97 Å². The van der Waals surface area contributed by atoms with Gasteiger partial charge in [-0.25, -0.2) is 4.79 Å². The molecule has 4 heteroatoms. The highest BCUT2D eigenvalue weighted by Crippen LogP contribution is 2.18. The van der Waals surface area contributed by atoms with Crippen molar-refractivity contribution in [2.75, 3.05) is 0 Å². The maximum Gasteiger partial charge on any atom is 0.338 e. The molecule has 1 unspecified atom stereocenters. The Morgan fingerprint density at radius 2 is 1.65 bits per heavy atom. The summed E-state index contributed by atoms with van der Waals surface area (Å²) in [6.45, 7) is 4.65. The normalized spacial score (nSPS) is 11.8. The largest absolute Gasteiger partial charge is 0.508 e. The van der Waals surface area contributed by atoms with E-state index >= 15 is 0 Å². The Morgan fingerprint density at radius 1 is 0.962 bits per heavy atom. The van der Waals surface area contributed by atoms with Crippen LogP contribution >= 0.6 is 0 Å². The van der Waals surface area contributed by atoms with Gasteiger partial charge in [0.05, 0.1) is 5.56 Å². The Labute approximate surface area is 155 Å². The lowest BCUT2D eigenvalue weighted by atomic mass is 10.1. The third-order valence-corrected chi connectivity index (χ3v) is 4.20. The lowest BCUT2D eigenvalue weighted by Crippen LogP contribution is -2.18. The van der Waals surface area contributed by atoms with E-state index in [0.717, 1.165) is 37.7 Å². The molecule has 0 amide bonds. The number of aromatic hydroxyl groups is 1. The molecular formula is C22H28O4. The number of carbonyl (C=O) groups is 1. The fraction of sp³-hybridized carbons (Fsp3) is 0.409. The summed E-state index contributed by atoms with van der Waals surface area (Å²) in [4.78, 5) is 12.3. The Balaban J connectivity index is 1.88. The molecule has 0 bridgehead atoms. The van der Waals surface area contributed by atoms with Gasteiger partial charge in [-0.05, 0) is 54.8 Å². The van der Waals surface area contributed by atoms with Crippen molar-refractivity contribution < 1.29 is 19.4 Å². The van der Waals surface area contributed by atoms with Crippen LogP contribution in [0.4, 0.5) is 0 Å². The highest BCUT2D eigenvalue weighted by Gasteiger charge is 2.15. The molecule has 4 nitrogen and oxygen atoms in total. The standard InChI is InChI=1S/C22H28O4/c1-3-5-7-21(6-4-2)26-22(24)18-10-8-17(9-11-18)16-25-20-14-12-19(23)13-15-20/h8-15,21,23H,3-7,16H2,1-2H3. The zero-order chi connectivity index (χ0) is 18.8. The van der Waals surface area contributed by atoms with Crippen LogP contribution < -0.4 is 4.74 Å². The van der Waals surface area contributed by atoms with Gasteiger partial charge in [0.1, 0.15) is 24.2 Å². The van der Waals surface area contributed by atoms with Crippen LogP contribution in [0.15, 0.2) is 48.5 Å². The molecule has 0 saturated heterocycles. The van der Waals surface area contributed by atoms with Gasteiger partial charge in [-0.1, -0.05) is 45.2 Å². The van der Waals surface area contributed by atoms with E-state index in [0.29, 0.717) is 17.9 Å². The van der Waals surface area contributed by atoms with Crippen LogP contribution in [0.1, 0.15) is 61.9 Å². The fourth-order valence-electron chi connectivity index (χ4n) is 2.68. The summed E-state index contributed by atoms with van der Waals surface area (Å²) in [6, 6.07) is 13.9. The molecule has 0 aliphatic carbocycles. The lowest BCUT2D eigenvalue weighted by Gasteiger charge is -2.17. The van der Waals surface area contributed by atoms with Crippen LogP contribution in [0.3, 0.4) is 0 Å². The summed E-state index contributed by atoms with van der Waals surface area (Å²) in [7, 11) is 0. The first-order chi connectivity index (χ1) is 12.6. The molecule has 140 valence electrons. The van der Waals surface area contributed by atoms with Gasteiger partial charge in [0.25, 0.3) is 0 Å². The fourth-order valence-corrected chi connectivity index (χ4v) is 2.68. The summed E-state index contributed by atoms with van der Waals surface area (Å²) >= 11 is 0. The van der Waals surface area contributed by atoms with Gasteiger partial charge in [-0.3, -0.25) is 0 Å². The first-order valence-electron chi connectivity index (χ1n) is 9.34. The van der Waals surface area contributed by atoms with Crippen molar-refractivity contribution in [1.82, 2.24) is 0 Å². The third-order valence-electron chi connectivity index (χ3n) is 4.20. The van der Waals surface area contributed by atoms with Crippen LogP contribution in [0, 0.1) is 0 Å². The average Bonchev–Trinajstić information content (AvgIpc) is 2.66. The maximum atomic E-state index is 12.3. The summed E-state index contributed by atoms with van der Waals surface area (Å²) < 4.78 is 11.3. The number of phenolic OH excluding ortho intramolecular Hbond substituents is 1. The quantitative estimate of drug-likeness (QED) is 0.572. The number of esters is 1. The second-order valence-electron chi connectivity index (χ2n) is 6.44. The maximum absolute atomic E-state index is 12.3. The monoisotopic (exact) mass is 356 g/mol. The summed E-state index contributed by atoms with van der Waals surface area (Å²) in [5.74, 6) is 0.635. The SMILES string of the molecule is CCCCC(CCC)OC(=O)c1ccc(COc2ccc(O)cc2)cc1. The van der Waals surface area contributed by atoms with E-state index in [9.17, 15) is 9.90 Å². The van der Waals surface area contributed by atoms with Gasteiger partial charge in [0.15, 0.2) is 0 Å². The van der Waals surface area contributed by atoms with Gasteiger partial charge in [-0.15, -0.1) is 0 Å². The second-order valence-corrected chi connectivity index (χ2v) is 6.44. The molecule has 0 aliphatic rings. The van der Waals surface area contributed by atoms with Gasteiger partial charge < -0.3 is 14.6 Å². The molecule has 0 aromatic heterocycles. The molecule has 2 aromatic carbocycles. The number of benzene rings is 2. The first-order valence-corrected chi connectivity index (χ1v) is 9.34. The van der Waals surface area contributed by atoms with Crippen molar-refractivity contribution in [2.45, 2.75) is 58.7 Å². The van der Waals surface area contributed by atoms with Crippen molar-refractivity contribution in [2.24, 2.45) is 0 Å². The molecule has 1 atom stereocenters. The van der Waals surface area contributed by atoms with E-state index in [2.05, 4.69) is 13.8 Å². The highest BCUT2D eigenvalue weighted by atomic mass is 16.5. The Hall–Kier alpha value is -2.49. The number of ether oxygens (including phenoxy) is 2. The van der Waals surface area contributed by atoms with E-state index in [1.165, 1.54) is 0 Å². The van der Waals surface area contributed by atoms with E-state index in [4.69, 9.17) is 9.47 Å². The zero-order valence-electron chi connectivity index (χ0n) is 15.6. The van der Waals surface area contributed by atoms with Crippen LogP contribution in [0.25, 0.3) is 0 Å². The van der Waals surface area contributed by atoms with E-state index in [-0.39, 0.29) is 17.8 Å². The van der Waals surface area contributed by atoms with Crippen molar-refractivity contribution in [3.05, 3.63) is 59.7 Å². The van der Waals surface area contributed by atoms with E-state index in [1.807, 2.05) is 12.1 Å². The smallest absolute Gasteiger partial charge is 0.338 e. The van der Waals surface area contributed by atoms with Crippen molar-refractivity contribution in [3.63, 3.8) is 0 Å².